The summed E-state index contributed by atoms with van der Waals surface area (Å²) in [6.07, 6.45) is 5.69. The second kappa shape index (κ2) is 3.70. The van der Waals surface area contributed by atoms with Crippen LogP contribution in [0.25, 0.3) is 0 Å². The molecule has 0 bridgehead atoms. The fourth-order valence-electron chi connectivity index (χ4n) is 2.30. The molecule has 1 N–H and O–H groups in total. The van der Waals surface area contributed by atoms with Crippen molar-refractivity contribution in [1.29, 1.82) is 0 Å². The van der Waals surface area contributed by atoms with Gasteiger partial charge < -0.3 is 10.1 Å². The van der Waals surface area contributed by atoms with Crippen LogP contribution in [0.5, 0.6) is 0 Å². The first kappa shape index (κ1) is 9.07. The highest BCUT2D eigenvalue weighted by molar-refractivity contribution is 5.21. The molecule has 2 rings (SSSR count). The quantitative estimate of drug-likeness (QED) is 0.705. The van der Waals surface area contributed by atoms with Gasteiger partial charge in [-0.1, -0.05) is 0 Å². The highest BCUT2D eigenvalue weighted by atomic mass is 16.5. The van der Waals surface area contributed by atoms with Crippen LogP contribution < -0.4 is 5.32 Å². The molecule has 0 amide bonds. The van der Waals surface area contributed by atoms with Crippen molar-refractivity contribution in [2.45, 2.75) is 51.7 Å². The number of rotatable bonds is 2. The Morgan fingerprint density at radius 1 is 1.38 bits per heavy atom. The van der Waals surface area contributed by atoms with Crippen molar-refractivity contribution in [1.82, 2.24) is 5.32 Å². The summed E-state index contributed by atoms with van der Waals surface area (Å²) in [5, 5.41) is 3.46. The van der Waals surface area contributed by atoms with Crippen LogP contribution in [0.4, 0.5) is 0 Å². The minimum atomic E-state index is 0.369. The van der Waals surface area contributed by atoms with Gasteiger partial charge in [0.1, 0.15) is 0 Å². The lowest BCUT2D eigenvalue weighted by molar-refractivity contribution is 0.000566. The van der Waals surface area contributed by atoms with Crippen LogP contribution >= 0.6 is 0 Å². The summed E-state index contributed by atoms with van der Waals surface area (Å²) < 4.78 is 5.83. The van der Waals surface area contributed by atoms with Gasteiger partial charge in [0.15, 0.2) is 0 Å². The van der Waals surface area contributed by atoms with Crippen LogP contribution in [-0.4, -0.2) is 18.8 Å². The van der Waals surface area contributed by atoms with E-state index in [9.17, 15) is 0 Å². The maximum atomic E-state index is 5.83. The van der Waals surface area contributed by atoms with Gasteiger partial charge in [-0.05, 0) is 38.7 Å². The van der Waals surface area contributed by atoms with Gasteiger partial charge in [-0.3, -0.25) is 0 Å². The highest BCUT2D eigenvalue weighted by Gasteiger charge is 2.24. The molecule has 0 aromatic rings. The molecule has 1 unspecified atom stereocenters. The van der Waals surface area contributed by atoms with Gasteiger partial charge in [0, 0.05) is 18.7 Å². The van der Waals surface area contributed by atoms with Crippen LogP contribution in [0.1, 0.15) is 39.5 Å². The standard InChI is InChI=1S/C11H19NO/c1-8(2)13-10-4-3-9-5-6-12-11(9)7-10/h8,10,12H,3-7H2,1-2H3. The molecule has 0 aromatic carbocycles. The van der Waals surface area contributed by atoms with Crippen molar-refractivity contribution in [3.8, 4) is 0 Å². The number of hydrogen-bond donors (Lipinski definition) is 1. The topological polar surface area (TPSA) is 21.3 Å². The third-order valence-electron chi connectivity index (χ3n) is 2.86. The average Bonchev–Trinajstić information content (AvgIpc) is 2.49. The van der Waals surface area contributed by atoms with E-state index in [1.807, 2.05) is 0 Å². The normalized spacial score (nSPS) is 27.8. The highest BCUT2D eigenvalue weighted by Crippen LogP contribution is 2.30. The minimum Gasteiger partial charge on any atom is -0.388 e. The lowest BCUT2D eigenvalue weighted by atomic mass is 9.94. The molecule has 0 radical (unpaired) electrons. The Morgan fingerprint density at radius 2 is 2.23 bits per heavy atom. The predicted molar refractivity (Wildman–Crippen MR) is 53.5 cm³/mol. The molecule has 0 saturated carbocycles. The van der Waals surface area contributed by atoms with Crippen molar-refractivity contribution in [3.63, 3.8) is 0 Å². The first-order valence-corrected chi connectivity index (χ1v) is 5.36. The maximum absolute atomic E-state index is 5.83. The third kappa shape index (κ3) is 2.05. The van der Waals surface area contributed by atoms with Gasteiger partial charge in [0.2, 0.25) is 0 Å². The largest absolute Gasteiger partial charge is 0.388 e. The van der Waals surface area contributed by atoms with E-state index < -0.39 is 0 Å². The fourth-order valence-corrected chi connectivity index (χ4v) is 2.30. The monoisotopic (exact) mass is 181 g/mol. The summed E-state index contributed by atoms with van der Waals surface area (Å²) in [7, 11) is 0. The van der Waals surface area contributed by atoms with E-state index in [1.165, 1.54) is 25.0 Å². The first-order chi connectivity index (χ1) is 6.25. The Morgan fingerprint density at radius 3 is 3.00 bits per heavy atom. The Labute approximate surface area is 80.4 Å². The number of ether oxygens (including phenoxy) is 1. The summed E-state index contributed by atoms with van der Waals surface area (Å²) in [5.74, 6) is 0. The summed E-state index contributed by atoms with van der Waals surface area (Å²) in [6, 6.07) is 0. The summed E-state index contributed by atoms with van der Waals surface area (Å²) in [6.45, 7) is 5.39. The van der Waals surface area contributed by atoms with Crippen molar-refractivity contribution < 1.29 is 4.74 Å². The molecule has 1 aliphatic carbocycles. The Kier molecular flexibility index (Phi) is 2.58. The molecule has 0 saturated heterocycles. The van der Waals surface area contributed by atoms with Crippen LogP contribution in [-0.2, 0) is 4.74 Å². The predicted octanol–water partition coefficient (Wildman–Crippen LogP) is 2.21. The van der Waals surface area contributed by atoms with Crippen LogP contribution in [0, 0.1) is 0 Å². The summed E-state index contributed by atoms with van der Waals surface area (Å²) >= 11 is 0. The van der Waals surface area contributed by atoms with Gasteiger partial charge >= 0.3 is 0 Å². The van der Waals surface area contributed by atoms with E-state index in [4.69, 9.17) is 4.74 Å². The molecular formula is C11H19NO. The molecule has 2 nitrogen and oxygen atoms in total. The van der Waals surface area contributed by atoms with E-state index in [0.29, 0.717) is 12.2 Å². The fraction of sp³-hybridized carbons (Fsp3) is 0.818. The molecular weight excluding hydrogens is 162 g/mol. The zero-order chi connectivity index (χ0) is 9.26. The average molecular weight is 181 g/mol. The number of nitrogens with one attached hydrogen (secondary N) is 1. The van der Waals surface area contributed by atoms with Crippen molar-refractivity contribution >= 4 is 0 Å². The van der Waals surface area contributed by atoms with Crippen LogP contribution in [0.2, 0.25) is 0 Å². The van der Waals surface area contributed by atoms with E-state index in [-0.39, 0.29) is 0 Å². The second-order valence-corrected chi connectivity index (χ2v) is 4.31. The molecule has 1 aliphatic heterocycles. The second-order valence-electron chi connectivity index (χ2n) is 4.31. The molecule has 0 fully saturated rings. The van der Waals surface area contributed by atoms with E-state index in [0.717, 1.165) is 13.0 Å². The molecule has 2 heteroatoms. The lowest BCUT2D eigenvalue weighted by Crippen LogP contribution is -2.24. The summed E-state index contributed by atoms with van der Waals surface area (Å²) in [5.41, 5.74) is 3.14. The Balaban J connectivity index is 1.92. The van der Waals surface area contributed by atoms with Gasteiger partial charge in [-0.15, -0.1) is 0 Å². The summed E-state index contributed by atoms with van der Waals surface area (Å²) in [4.78, 5) is 0. The number of hydrogen-bond acceptors (Lipinski definition) is 2. The van der Waals surface area contributed by atoms with Crippen LogP contribution in [0.15, 0.2) is 11.3 Å². The smallest absolute Gasteiger partial charge is 0.0636 e. The van der Waals surface area contributed by atoms with Gasteiger partial charge in [-0.25, -0.2) is 0 Å². The van der Waals surface area contributed by atoms with E-state index >= 15 is 0 Å². The van der Waals surface area contributed by atoms with Gasteiger partial charge in [0.25, 0.3) is 0 Å². The van der Waals surface area contributed by atoms with Crippen LogP contribution in [0.3, 0.4) is 0 Å². The first-order valence-electron chi connectivity index (χ1n) is 5.36. The zero-order valence-electron chi connectivity index (χ0n) is 8.60. The Hall–Kier alpha value is -0.500. The molecule has 1 heterocycles. The zero-order valence-corrected chi connectivity index (χ0v) is 8.60. The van der Waals surface area contributed by atoms with E-state index in [2.05, 4.69) is 19.2 Å². The van der Waals surface area contributed by atoms with Crippen molar-refractivity contribution in [2.75, 3.05) is 6.54 Å². The Bertz CT molecular complexity index is 220. The van der Waals surface area contributed by atoms with Gasteiger partial charge in [-0.2, -0.15) is 0 Å². The maximum Gasteiger partial charge on any atom is 0.0636 e. The molecule has 13 heavy (non-hydrogen) atoms. The molecule has 0 aromatic heterocycles. The van der Waals surface area contributed by atoms with Crippen molar-refractivity contribution in [2.24, 2.45) is 0 Å². The van der Waals surface area contributed by atoms with E-state index in [1.54, 1.807) is 5.57 Å². The van der Waals surface area contributed by atoms with Gasteiger partial charge in [0.05, 0.1) is 12.2 Å². The SMILES string of the molecule is CC(C)OC1CCC2=C(C1)NCC2. The lowest BCUT2D eigenvalue weighted by Gasteiger charge is -2.25. The molecule has 74 valence electrons. The molecule has 0 spiro atoms. The molecule has 1 atom stereocenters. The van der Waals surface area contributed by atoms with Crippen molar-refractivity contribution in [3.05, 3.63) is 11.3 Å². The third-order valence-corrected chi connectivity index (χ3v) is 2.86. The molecule has 2 aliphatic rings. The minimum absolute atomic E-state index is 0.369.